The highest BCUT2D eigenvalue weighted by Gasteiger charge is 2.33. The second kappa shape index (κ2) is 5.03. The molecule has 1 aromatic rings. The number of aliphatic carboxylic acids is 1. The number of carbonyl (C=O) groups excluding carboxylic acids is 1. The molecule has 0 bridgehead atoms. The number of carboxylic acids is 1. The SMILES string of the molecule is CCC(C)(NC(=O)c1cc(F)ccc1N)C(=O)O. The molecule has 0 aliphatic rings. The van der Waals surface area contributed by atoms with Crippen molar-refractivity contribution in [3.8, 4) is 0 Å². The van der Waals surface area contributed by atoms with Crippen LogP contribution >= 0.6 is 0 Å². The fourth-order valence-electron chi connectivity index (χ4n) is 1.34. The number of hydrogen-bond donors (Lipinski definition) is 3. The van der Waals surface area contributed by atoms with E-state index in [1.807, 2.05) is 0 Å². The van der Waals surface area contributed by atoms with Gasteiger partial charge < -0.3 is 16.2 Å². The smallest absolute Gasteiger partial charge is 0.329 e. The van der Waals surface area contributed by atoms with E-state index >= 15 is 0 Å². The number of carbonyl (C=O) groups is 2. The molecule has 0 aliphatic carbocycles. The molecule has 0 radical (unpaired) electrons. The first-order chi connectivity index (χ1) is 8.30. The predicted octanol–water partition coefficient (Wildman–Crippen LogP) is 1.39. The molecule has 0 spiro atoms. The van der Waals surface area contributed by atoms with E-state index in [1.165, 1.54) is 13.0 Å². The summed E-state index contributed by atoms with van der Waals surface area (Å²) >= 11 is 0. The molecule has 98 valence electrons. The van der Waals surface area contributed by atoms with Gasteiger partial charge >= 0.3 is 5.97 Å². The lowest BCUT2D eigenvalue weighted by Crippen LogP contribution is -2.51. The molecule has 0 heterocycles. The average molecular weight is 254 g/mol. The van der Waals surface area contributed by atoms with E-state index in [2.05, 4.69) is 5.32 Å². The Bertz CT molecular complexity index is 490. The van der Waals surface area contributed by atoms with Crippen LogP contribution in [0.2, 0.25) is 0 Å². The van der Waals surface area contributed by atoms with Crippen LogP contribution in [-0.4, -0.2) is 22.5 Å². The van der Waals surface area contributed by atoms with Crippen molar-refractivity contribution in [3.05, 3.63) is 29.6 Å². The Balaban J connectivity index is 3.02. The number of carboxylic acid groups (broad SMARTS) is 1. The van der Waals surface area contributed by atoms with Crippen LogP contribution in [0.15, 0.2) is 18.2 Å². The summed E-state index contributed by atoms with van der Waals surface area (Å²) in [5, 5.41) is 11.4. The summed E-state index contributed by atoms with van der Waals surface area (Å²) in [6.07, 6.45) is 0.198. The van der Waals surface area contributed by atoms with Crippen molar-refractivity contribution >= 4 is 17.6 Å². The highest BCUT2D eigenvalue weighted by Crippen LogP contribution is 2.16. The van der Waals surface area contributed by atoms with Gasteiger partial charge in [-0.2, -0.15) is 0 Å². The summed E-state index contributed by atoms with van der Waals surface area (Å²) in [6.45, 7) is 3.01. The Kier molecular flexibility index (Phi) is 3.90. The zero-order valence-electron chi connectivity index (χ0n) is 10.2. The van der Waals surface area contributed by atoms with E-state index in [4.69, 9.17) is 10.8 Å². The van der Waals surface area contributed by atoms with E-state index in [9.17, 15) is 14.0 Å². The standard InChI is InChI=1S/C12H15FN2O3/c1-3-12(2,11(17)18)15-10(16)8-6-7(13)4-5-9(8)14/h4-6H,3,14H2,1-2H3,(H,15,16)(H,17,18). The van der Waals surface area contributed by atoms with Gasteiger partial charge in [-0.3, -0.25) is 4.79 Å². The van der Waals surface area contributed by atoms with Crippen molar-refractivity contribution in [2.75, 3.05) is 5.73 Å². The summed E-state index contributed by atoms with van der Waals surface area (Å²) in [4.78, 5) is 22.9. The molecular formula is C12H15FN2O3. The third-order valence-corrected chi connectivity index (χ3v) is 2.83. The summed E-state index contributed by atoms with van der Waals surface area (Å²) in [5.74, 6) is -2.48. The van der Waals surface area contributed by atoms with Gasteiger partial charge in [-0.15, -0.1) is 0 Å². The number of nitrogens with one attached hydrogen (secondary N) is 1. The zero-order chi connectivity index (χ0) is 13.9. The van der Waals surface area contributed by atoms with Crippen LogP contribution in [-0.2, 0) is 4.79 Å². The minimum atomic E-state index is -1.41. The lowest BCUT2D eigenvalue weighted by Gasteiger charge is -2.24. The van der Waals surface area contributed by atoms with E-state index in [0.29, 0.717) is 0 Å². The molecule has 0 fully saturated rings. The molecule has 0 saturated heterocycles. The van der Waals surface area contributed by atoms with Gasteiger partial charge in [0.25, 0.3) is 5.91 Å². The van der Waals surface area contributed by atoms with Crippen molar-refractivity contribution < 1.29 is 19.1 Å². The third-order valence-electron chi connectivity index (χ3n) is 2.83. The lowest BCUT2D eigenvalue weighted by atomic mass is 9.98. The van der Waals surface area contributed by atoms with Gasteiger partial charge in [-0.05, 0) is 31.5 Å². The highest BCUT2D eigenvalue weighted by molar-refractivity contribution is 6.01. The fraction of sp³-hybridized carbons (Fsp3) is 0.333. The number of amides is 1. The quantitative estimate of drug-likeness (QED) is 0.708. The molecule has 0 aliphatic heterocycles. The maximum Gasteiger partial charge on any atom is 0.329 e. The molecule has 0 aromatic heterocycles. The first-order valence-corrected chi connectivity index (χ1v) is 5.41. The Morgan fingerprint density at radius 2 is 2.11 bits per heavy atom. The van der Waals surface area contributed by atoms with Gasteiger partial charge in [0.15, 0.2) is 0 Å². The van der Waals surface area contributed by atoms with Crippen molar-refractivity contribution in [2.45, 2.75) is 25.8 Å². The number of nitrogen functional groups attached to an aromatic ring is 1. The molecule has 1 amide bonds. The lowest BCUT2D eigenvalue weighted by molar-refractivity contribution is -0.143. The monoisotopic (exact) mass is 254 g/mol. The fourth-order valence-corrected chi connectivity index (χ4v) is 1.34. The minimum absolute atomic E-state index is 0.0732. The van der Waals surface area contributed by atoms with E-state index < -0.39 is 23.2 Å². The molecule has 18 heavy (non-hydrogen) atoms. The number of halogens is 1. The van der Waals surface area contributed by atoms with Crippen LogP contribution in [0.4, 0.5) is 10.1 Å². The topological polar surface area (TPSA) is 92.4 Å². The van der Waals surface area contributed by atoms with Crippen LogP contribution in [0.3, 0.4) is 0 Å². The highest BCUT2D eigenvalue weighted by atomic mass is 19.1. The van der Waals surface area contributed by atoms with Gasteiger partial charge in [-0.1, -0.05) is 6.92 Å². The predicted molar refractivity (Wildman–Crippen MR) is 64.6 cm³/mol. The van der Waals surface area contributed by atoms with Crippen LogP contribution in [0.5, 0.6) is 0 Å². The second-order valence-corrected chi connectivity index (χ2v) is 4.18. The Labute approximate surface area is 104 Å². The van der Waals surface area contributed by atoms with E-state index in [1.54, 1.807) is 6.92 Å². The van der Waals surface area contributed by atoms with E-state index in [-0.39, 0.29) is 17.7 Å². The van der Waals surface area contributed by atoms with Crippen molar-refractivity contribution in [3.63, 3.8) is 0 Å². The van der Waals surface area contributed by atoms with Gasteiger partial charge in [0.2, 0.25) is 0 Å². The Morgan fingerprint density at radius 3 is 2.61 bits per heavy atom. The molecule has 1 aromatic carbocycles. The minimum Gasteiger partial charge on any atom is -0.480 e. The number of hydrogen-bond acceptors (Lipinski definition) is 3. The summed E-state index contributed by atoms with van der Waals surface area (Å²) in [7, 11) is 0. The summed E-state index contributed by atoms with van der Waals surface area (Å²) < 4.78 is 13.0. The number of rotatable bonds is 4. The van der Waals surface area contributed by atoms with Gasteiger partial charge in [0.1, 0.15) is 11.4 Å². The van der Waals surface area contributed by atoms with Gasteiger partial charge in [-0.25, -0.2) is 9.18 Å². The molecule has 1 atom stereocenters. The van der Waals surface area contributed by atoms with Crippen molar-refractivity contribution in [2.24, 2.45) is 0 Å². The van der Waals surface area contributed by atoms with Crippen LogP contribution in [0.1, 0.15) is 30.6 Å². The normalized spacial score (nSPS) is 13.7. The van der Waals surface area contributed by atoms with E-state index in [0.717, 1.165) is 12.1 Å². The molecule has 5 nitrogen and oxygen atoms in total. The first kappa shape index (κ1) is 14.0. The average Bonchev–Trinajstić information content (AvgIpc) is 2.31. The van der Waals surface area contributed by atoms with Crippen molar-refractivity contribution in [1.29, 1.82) is 0 Å². The maximum atomic E-state index is 13.0. The van der Waals surface area contributed by atoms with Crippen molar-refractivity contribution in [1.82, 2.24) is 5.32 Å². The Hall–Kier alpha value is -2.11. The second-order valence-electron chi connectivity index (χ2n) is 4.18. The number of benzene rings is 1. The van der Waals surface area contributed by atoms with Gasteiger partial charge in [0.05, 0.1) is 5.56 Å². The third kappa shape index (κ3) is 2.77. The summed E-state index contributed by atoms with van der Waals surface area (Å²) in [6, 6.07) is 3.36. The zero-order valence-corrected chi connectivity index (χ0v) is 10.2. The van der Waals surface area contributed by atoms with Crippen LogP contribution in [0, 0.1) is 5.82 Å². The molecular weight excluding hydrogens is 239 g/mol. The summed E-state index contributed by atoms with van der Waals surface area (Å²) in [5.41, 5.74) is 4.17. The molecule has 6 heteroatoms. The van der Waals surface area contributed by atoms with Gasteiger partial charge in [0, 0.05) is 5.69 Å². The Morgan fingerprint density at radius 1 is 1.50 bits per heavy atom. The number of anilines is 1. The molecule has 0 saturated carbocycles. The largest absolute Gasteiger partial charge is 0.480 e. The molecule has 1 unspecified atom stereocenters. The maximum absolute atomic E-state index is 13.0. The first-order valence-electron chi connectivity index (χ1n) is 5.41. The molecule has 4 N–H and O–H groups in total. The molecule has 1 rings (SSSR count). The number of nitrogens with two attached hydrogens (primary N) is 1. The van der Waals surface area contributed by atoms with Crippen LogP contribution < -0.4 is 11.1 Å². The van der Waals surface area contributed by atoms with Crippen LogP contribution in [0.25, 0.3) is 0 Å².